The predicted octanol–water partition coefficient (Wildman–Crippen LogP) is 5.78. The third-order valence-corrected chi connectivity index (χ3v) is 5.39. The Kier molecular flexibility index (Phi) is 9.15. The number of nitrogens with one attached hydrogen (secondary N) is 1. The summed E-state index contributed by atoms with van der Waals surface area (Å²) in [6.45, 7) is 2.89. The molecule has 0 aliphatic carbocycles. The monoisotopic (exact) mass is 530 g/mol. The number of halogens is 2. The fraction of sp³-hybridized carbons (Fsp3) is 0.200. The quantitative estimate of drug-likeness (QED) is 0.266. The molecule has 0 atom stereocenters. The van der Waals surface area contributed by atoms with Gasteiger partial charge in [0.1, 0.15) is 12.4 Å². The first-order chi connectivity index (χ1) is 16.0. The number of ether oxygens (including phenoxy) is 3. The molecule has 6 nitrogen and oxygen atoms in total. The lowest BCUT2D eigenvalue weighted by molar-refractivity contribution is -0.120. The summed E-state index contributed by atoms with van der Waals surface area (Å²) in [5.41, 5.74) is 5.13. The van der Waals surface area contributed by atoms with E-state index in [1.807, 2.05) is 61.5 Å². The summed E-state index contributed by atoms with van der Waals surface area (Å²) >= 11 is 9.45. The molecule has 0 fully saturated rings. The summed E-state index contributed by atoms with van der Waals surface area (Å²) in [5.74, 6) is 1.67. The molecule has 0 radical (unpaired) electrons. The van der Waals surface area contributed by atoms with E-state index in [0.717, 1.165) is 22.4 Å². The van der Waals surface area contributed by atoms with E-state index >= 15 is 0 Å². The molecule has 1 amide bonds. The third kappa shape index (κ3) is 7.51. The molecule has 3 aromatic rings. The van der Waals surface area contributed by atoms with Crippen LogP contribution in [0.2, 0.25) is 5.02 Å². The molecule has 3 rings (SSSR count). The number of carbonyl (C=O) groups is 1. The number of rotatable bonds is 10. The molecule has 0 bridgehead atoms. The summed E-state index contributed by atoms with van der Waals surface area (Å²) in [6.07, 6.45) is 1.76. The largest absolute Gasteiger partial charge is 0.494 e. The summed E-state index contributed by atoms with van der Waals surface area (Å²) in [7, 11) is 1.57. The van der Waals surface area contributed by atoms with E-state index in [2.05, 4.69) is 26.5 Å². The average Bonchev–Trinajstić information content (AvgIpc) is 2.80. The van der Waals surface area contributed by atoms with Crippen LogP contribution in [0.1, 0.15) is 23.6 Å². The fourth-order valence-electron chi connectivity index (χ4n) is 2.96. The number of benzene rings is 3. The SMILES string of the molecule is CCOc1ccc(CC(=O)N/N=C/c2cc(Br)c(OCc3ccc(Cl)cc3)c(OC)c2)cc1. The van der Waals surface area contributed by atoms with E-state index in [-0.39, 0.29) is 12.3 Å². The van der Waals surface area contributed by atoms with Crippen LogP contribution in [0.15, 0.2) is 70.2 Å². The Hall–Kier alpha value is -3.03. The standard InChI is InChI=1S/C25H24BrClN2O4/c1-3-32-21-10-6-17(7-11-21)14-24(30)29-28-15-19-12-22(26)25(23(13-19)31-2)33-16-18-4-8-20(27)9-5-18/h4-13,15H,3,14,16H2,1-2H3,(H,29,30)/b28-15+. The molecule has 3 aromatic carbocycles. The molecule has 0 aromatic heterocycles. The normalized spacial score (nSPS) is 10.8. The number of methoxy groups -OCH3 is 1. The van der Waals surface area contributed by atoms with E-state index in [0.29, 0.717) is 34.2 Å². The minimum absolute atomic E-state index is 0.217. The molecule has 8 heteroatoms. The van der Waals surface area contributed by atoms with E-state index in [1.54, 1.807) is 19.4 Å². The van der Waals surface area contributed by atoms with Gasteiger partial charge in [-0.15, -0.1) is 0 Å². The number of hydrogen-bond donors (Lipinski definition) is 1. The molecule has 0 saturated heterocycles. The summed E-state index contributed by atoms with van der Waals surface area (Å²) in [4.78, 5) is 12.2. The lowest BCUT2D eigenvalue weighted by atomic mass is 10.1. The Labute approximate surface area is 206 Å². The van der Waals surface area contributed by atoms with Crippen LogP contribution in [0.25, 0.3) is 0 Å². The van der Waals surface area contributed by atoms with Gasteiger partial charge < -0.3 is 14.2 Å². The van der Waals surface area contributed by atoms with Crippen LogP contribution in [0.4, 0.5) is 0 Å². The van der Waals surface area contributed by atoms with Crippen LogP contribution in [-0.4, -0.2) is 25.8 Å². The van der Waals surface area contributed by atoms with Crippen molar-refractivity contribution in [3.8, 4) is 17.2 Å². The van der Waals surface area contributed by atoms with Gasteiger partial charge in [-0.3, -0.25) is 4.79 Å². The van der Waals surface area contributed by atoms with Gasteiger partial charge in [0, 0.05) is 5.02 Å². The minimum Gasteiger partial charge on any atom is -0.494 e. The highest BCUT2D eigenvalue weighted by Crippen LogP contribution is 2.36. The maximum Gasteiger partial charge on any atom is 0.244 e. The van der Waals surface area contributed by atoms with Crippen LogP contribution < -0.4 is 19.6 Å². The average molecular weight is 532 g/mol. The van der Waals surface area contributed by atoms with Crippen LogP contribution in [0.5, 0.6) is 17.2 Å². The molecule has 0 heterocycles. The number of hydrazone groups is 1. The summed E-state index contributed by atoms with van der Waals surface area (Å²) in [6, 6.07) is 18.5. The summed E-state index contributed by atoms with van der Waals surface area (Å²) < 4.78 is 17.5. The van der Waals surface area contributed by atoms with Crippen molar-refractivity contribution < 1.29 is 19.0 Å². The third-order valence-electron chi connectivity index (χ3n) is 4.55. The zero-order chi connectivity index (χ0) is 23.6. The van der Waals surface area contributed by atoms with Gasteiger partial charge in [-0.05, 0) is 75.9 Å². The number of hydrogen-bond acceptors (Lipinski definition) is 5. The van der Waals surface area contributed by atoms with Crippen molar-refractivity contribution in [1.29, 1.82) is 0 Å². The second-order valence-electron chi connectivity index (χ2n) is 7.00. The fourth-order valence-corrected chi connectivity index (χ4v) is 3.66. The molecular formula is C25H24BrClN2O4. The maximum absolute atomic E-state index is 12.2. The van der Waals surface area contributed by atoms with Gasteiger partial charge in [-0.25, -0.2) is 5.43 Å². The van der Waals surface area contributed by atoms with Crippen molar-refractivity contribution >= 4 is 39.7 Å². The van der Waals surface area contributed by atoms with Gasteiger partial charge in [0.2, 0.25) is 5.91 Å². The second-order valence-corrected chi connectivity index (χ2v) is 8.29. The zero-order valence-electron chi connectivity index (χ0n) is 18.3. The molecule has 33 heavy (non-hydrogen) atoms. The van der Waals surface area contributed by atoms with Gasteiger partial charge in [0.15, 0.2) is 11.5 Å². The molecule has 0 aliphatic heterocycles. The number of amides is 1. The Balaban J connectivity index is 1.59. The smallest absolute Gasteiger partial charge is 0.244 e. The van der Waals surface area contributed by atoms with Gasteiger partial charge in [0.05, 0.1) is 30.8 Å². The molecule has 0 spiro atoms. The van der Waals surface area contributed by atoms with Crippen LogP contribution >= 0.6 is 27.5 Å². The highest BCUT2D eigenvalue weighted by Gasteiger charge is 2.12. The first-order valence-electron chi connectivity index (χ1n) is 10.3. The molecule has 0 unspecified atom stereocenters. The second kappa shape index (κ2) is 12.3. The van der Waals surface area contributed by atoms with Crippen molar-refractivity contribution in [3.05, 3.63) is 86.8 Å². The van der Waals surface area contributed by atoms with Crippen molar-refractivity contribution in [2.75, 3.05) is 13.7 Å². The number of nitrogens with zero attached hydrogens (tertiary/aromatic N) is 1. The van der Waals surface area contributed by atoms with Gasteiger partial charge in [-0.2, -0.15) is 5.10 Å². The van der Waals surface area contributed by atoms with Gasteiger partial charge in [0.25, 0.3) is 0 Å². The predicted molar refractivity (Wildman–Crippen MR) is 134 cm³/mol. The van der Waals surface area contributed by atoms with Crippen molar-refractivity contribution in [2.24, 2.45) is 5.10 Å². The van der Waals surface area contributed by atoms with Crippen LogP contribution in [0.3, 0.4) is 0 Å². The van der Waals surface area contributed by atoms with E-state index in [9.17, 15) is 4.79 Å². The minimum atomic E-state index is -0.218. The molecule has 1 N–H and O–H groups in total. The Morgan fingerprint density at radius 3 is 2.42 bits per heavy atom. The Morgan fingerprint density at radius 2 is 1.76 bits per heavy atom. The lowest BCUT2D eigenvalue weighted by Gasteiger charge is -2.13. The van der Waals surface area contributed by atoms with Crippen molar-refractivity contribution in [3.63, 3.8) is 0 Å². The first-order valence-corrected chi connectivity index (χ1v) is 11.4. The summed E-state index contributed by atoms with van der Waals surface area (Å²) in [5, 5.41) is 4.73. The van der Waals surface area contributed by atoms with Crippen LogP contribution in [-0.2, 0) is 17.8 Å². The van der Waals surface area contributed by atoms with E-state index in [1.165, 1.54) is 0 Å². The lowest BCUT2D eigenvalue weighted by Crippen LogP contribution is -2.19. The van der Waals surface area contributed by atoms with Gasteiger partial charge in [-0.1, -0.05) is 35.9 Å². The Morgan fingerprint density at radius 1 is 1.06 bits per heavy atom. The molecule has 0 saturated carbocycles. The highest BCUT2D eigenvalue weighted by molar-refractivity contribution is 9.10. The van der Waals surface area contributed by atoms with Crippen molar-refractivity contribution in [1.82, 2.24) is 5.43 Å². The van der Waals surface area contributed by atoms with Gasteiger partial charge >= 0.3 is 0 Å². The topological polar surface area (TPSA) is 69.2 Å². The highest BCUT2D eigenvalue weighted by atomic mass is 79.9. The van der Waals surface area contributed by atoms with Crippen molar-refractivity contribution in [2.45, 2.75) is 20.0 Å². The maximum atomic E-state index is 12.2. The first kappa shape index (κ1) is 24.6. The van der Waals surface area contributed by atoms with E-state index in [4.69, 9.17) is 25.8 Å². The molecule has 0 aliphatic rings. The molecule has 172 valence electrons. The Bertz CT molecular complexity index is 1100. The van der Waals surface area contributed by atoms with Crippen LogP contribution in [0, 0.1) is 0 Å². The number of carbonyl (C=O) groups excluding carboxylic acids is 1. The zero-order valence-corrected chi connectivity index (χ0v) is 20.7. The molecular weight excluding hydrogens is 508 g/mol. The van der Waals surface area contributed by atoms with E-state index < -0.39 is 0 Å².